The highest BCUT2D eigenvalue weighted by molar-refractivity contribution is 7.89. The molecule has 2 rings (SSSR count). The molecule has 0 N–H and O–H groups in total. The van der Waals surface area contributed by atoms with Crippen LogP contribution in [0, 0.1) is 12.8 Å². The van der Waals surface area contributed by atoms with Crippen LogP contribution in [0.2, 0.25) is 0 Å². The fraction of sp³-hybridized carbons (Fsp3) is 0.409. The van der Waals surface area contributed by atoms with Gasteiger partial charge in [-0.15, -0.1) is 6.58 Å². The summed E-state index contributed by atoms with van der Waals surface area (Å²) < 4.78 is 32.3. The molecule has 1 atom stereocenters. The predicted molar refractivity (Wildman–Crippen MR) is 111 cm³/mol. The Balaban J connectivity index is 2.39. The molecule has 0 amide bonds. The van der Waals surface area contributed by atoms with E-state index in [9.17, 15) is 13.2 Å². The lowest BCUT2D eigenvalue weighted by Crippen LogP contribution is -2.28. The van der Waals surface area contributed by atoms with Crippen molar-refractivity contribution in [3.8, 4) is 0 Å². The molecule has 152 valence electrons. The Morgan fingerprint density at radius 1 is 1.29 bits per heavy atom. The molecule has 1 aliphatic rings. The number of aryl methyl sites for hydroxylation is 1. The van der Waals surface area contributed by atoms with Crippen LogP contribution in [0.15, 0.2) is 65.1 Å². The summed E-state index contributed by atoms with van der Waals surface area (Å²) in [6.07, 6.45) is 7.69. The van der Waals surface area contributed by atoms with Crippen LogP contribution in [-0.2, 0) is 19.6 Å². The lowest BCUT2D eigenvalue weighted by Gasteiger charge is -2.16. The molecule has 0 aromatic heterocycles. The van der Waals surface area contributed by atoms with Gasteiger partial charge in [0.15, 0.2) is 0 Å². The van der Waals surface area contributed by atoms with Gasteiger partial charge in [-0.05, 0) is 43.0 Å². The lowest BCUT2D eigenvalue weighted by atomic mass is 9.94. The van der Waals surface area contributed by atoms with Gasteiger partial charge in [-0.1, -0.05) is 43.2 Å². The third-order valence-corrected chi connectivity index (χ3v) is 6.80. The molecule has 6 heteroatoms. The van der Waals surface area contributed by atoms with Crippen LogP contribution < -0.4 is 0 Å². The number of benzene rings is 1. The molecule has 0 spiro atoms. The Morgan fingerprint density at radius 2 is 1.96 bits per heavy atom. The number of methoxy groups -OCH3 is 1. The SMILES string of the molecule is C=CC1CN(S(=O)(=O)c2ccc(C)cc2)C/C1=C(\C=C\C(=O)OC)CCCC. The Hall–Kier alpha value is -2.18. The van der Waals surface area contributed by atoms with E-state index in [1.165, 1.54) is 17.5 Å². The molecule has 0 aliphatic carbocycles. The Kier molecular flexibility index (Phi) is 7.78. The van der Waals surface area contributed by atoms with Crippen molar-refractivity contribution in [2.45, 2.75) is 38.0 Å². The summed E-state index contributed by atoms with van der Waals surface area (Å²) in [5.74, 6) is -0.499. The number of rotatable bonds is 8. The maximum atomic E-state index is 13.1. The maximum Gasteiger partial charge on any atom is 0.330 e. The van der Waals surface area contributed by atoms with Crippen LogP contribution in [0.25, 0.3) is 0 Å². The predicted octanol–water partition coefficient (Wildman–Crippen LogP) is 4.02. The van der Waals surface area contributed by atoms with E-state index in [1.54, 1.807) is 36.4 Å². The van der Waals surface area contributed by atoms with E-state index in [0.29, 0.717) is 18.0 Å². The first kappa shape index (κ1) is 22.1. The zero-order chi connectivity index (χ0) is 20.7. The molecule has 5 nitrogen and oxygen atoms in total. The maximum absolute atomic E-state index is 13.1. The molecule has 1 heterocycles. The van der Waals surface area contributed by atoms with Crippen molar-refractivity contribution >= 4 is 16.0 Å². The molecule has 1 aromatic rings. The van der Waals surface area contributed by atoms with Crippen LogP contribution >= 0.6 is 0 Å². The first-order valence-corrected chi connectivity index (χ1v) is 10.9. The van der Waals surface area contributed by atoms with E-state index >= 15 is 0 Å². The Labute approximate surface area is 168 Å². The van der Waals surface area contributed by atoms with Crippen molar-refractivity contribution in [3.05, 3.63) is 65.8 Å². The Bertz CT molecular complexity index is 866. The number of hydrogen-bond donors (Lipinski definition) is 0. The zero-order valence-corrected chi connectivity index (χ0v) is 17.7. The number of nitrogens with zero attached hydrogens (tertiary/aromatic N) is 1. The molecule has 1 saturated heterocycles. The average molecular weight is 404 g/mol. The summed E-state index contributed by atoms with van der Waals surface area (Å²) in [6.45, 7) is 8.58. The van der Waals surface area contributed by atoms with E-state index in [-0.39, 0.29) is 5.92 Å². The highest BCUT2D eigenvalue weighted by Crippen LogP contribution is 2.33. The quantitative estimate of drug-likeness (QED) is 0.374. The number of esters is 1. The molecular weight excluding hydrogens is 374 g/mol. The van der Waals surface area contributed by atoms with E-state index in [4.69, 9.17) is 0 Å². The van der Waals surface area contributed by atoms with E-state index < -0.39 is 16.0 Å². The fourth-order valence-corrected chi connectivity index (χ4v) is 4.70. The van der Waals surface area contributed by atoms with E-state index in [1.807, 2.05) is 6.92 Å². The number of carbonyl (C=O) groups excluding carboxylic acids is 1. The second-order valence-electron chi connectivity index (χ2n) is 6.96. The number of unbranched alkanes of at least 4 members (excludes halogenated alkanes) is 1. The third-order valence-electron chi connectivity index (χ3n) is 4.97. The summed E-state index contributed by atoms with van der Waals surface area (Å²) in [5.41, 5.74) is 3.00. The largest absolute Gasteiger partial charge is 0.466 e. The van der Waals surface area contributed by atoms with Crippen LogP contribution in [0.4, 0.5) is 0 Å². The minimum Gasteiger partial charge on any atom is -0.466 e. The van der Waals surface area contributed by atoms with Gasteiger partial charge in [-0.3, -0.25) is 0 Å². The van der Waals surface area contributed by atoms with E-state index in [0.717, 1.165) is 36.0 Å². The minimum absolute atomic E-state index is 0.0747. The van der Waals surface area contributed by atoms with Crippen LogP contribution in [0.1, 0.15) is 31.7 Å². The van der Waals surface area contributed by atoms with Crippen molar-refractivity contribution in [1.29, 1.82) is 0 Å². The smallest absolute Gasteiger partial charge is 0.330 e. The highest BCUT2D eigenvalue weighted by Gasteiger charge is 2.35. The van der Waals surface area contributed by atoms with Gasteiger partial charge in [0.25, 0.3) is 0 Å². The topological polar surface area (TPSA) is 63.7 Å². The summed E-state index contributed by atoms with van der Waals surface area (Å²) >= 11 is 0. The van der Waals surface area contributed by atoms with Crippen LogP contribution in [-0.4, -0.2) is 38.9 Å². The van der Waals surface area contributed by atoms with E-state index in [2.05, 4.69) is 18.2 Å². The number of sulfonamides is 1. The first-order valence-electron chi connectivity index (χ1n) is 9.50. The fourth-order valence-electron chi connectivity index (χ4n) is 3.26. The van der Waals surface area contributed by atoms with Crippen molar-refractivity contribution in [2.24, 2.45) is 5.92 Å². The summed E-state index contributed by atoms with van der Waals surface area (Å²) in [4.78, 5) is 11.8. The summed E-state index contributed by atoms with van der Waals surface area (Å²) in [6, 6.07) is 6.89. The number of ether oxygens (including phenoxy) is 1. The normalized spacial score (nSPS) is 19.8. The second kappa shape index (κ2) is 9.85. The second-order valence-corrected chi connectivity index (χ2v) is 8.90. The molecule has 1 unspecified atom stereocenters. The summed E-state index contributed by atoms with van der Waals surface area (Å²) in [5, 5.41) is 0. The van der Waals surface area contributed by atoms with Gasteiger partial charge >= 0.3 is 5.97 Å². The zero-order valence-electron chi connectivity index (χ0n) is 16.8. The average Bonchev–Trinajstić information content (AvgIpc) is 3.13. The van der Waals surface area contributed by atoms with Gasteiger partial charge in [0, 0.05) is 25.1 Å². The standard InChI is InChI=1S/C22H29NO4S/c1-5-7-8-19(11-14-22(24)27-4)21-16-23(15-18(21)6-2)28(25,26)20-12-9-17(3)10-13-20/h6,9-14,18H,2,5,7-8,15-16H2,1,3-4H3/b14-11+,21-19+. The van der Waals surface area contributed by atoms with Crippen LogP contribution in [0.5, 0.6) is 0 Å². The van der Waals surface area contributed by atoms with Gasteiger partial charge < -0.3 is 4.74 Å². The Morgan fingerprint density at radius 3 is 2.54 bits per heavy atom. The third kappa shape index (κ3) is 5.20. The highest BCUT2D eigenvalue weighted by atomic mass is 32.2. The van der Waals surface area contributed by atoms with Crippen molar-refractivity contribution in [2.75, 3.05) is 20.2 Å². The van der Waals surface area contributed by atoms with Gasteiger partial charge in [0.2, 0.25) is 10.0 Å². The molecule has 1 aliphatic heterocycles. The summed E-state index contributed by atoms with van der Waals surface area (Å²) in [7, 11) is -2.25. The molecule has 0 saturated carbocycles. The molecular formula is C22H29NO4S. The van der Waals surface area contributed by atoms with Crippen molar-refractivity contribution in [1.82, 2.24) is 4.31 Å². The van der Waals surface area contributed by atoms with Gasteiger partial charge in [0.05, 0.1) is 12.0 Å². The molecule has 0 bridgehead atoms. The number of carbonyl (C=O) groups is 1. The monoisotopic (exact) mass is 403 g/mol. The first-order chi connectivity index (χ1) is 13.3. The van der Waals surface area contributed by atoms with Crippen molar-refractivity contribution < 1.29 is 17.9 Å². The van der Waals surface area contributed by atoms with Crippen LogP contribution in [0.3, 0.4) is 0 Å². The molecule has 28 heavy (non-hydrogen) atoms. The van der Waals surface area contributed by atoms with Gasteiger partial charge in [-0.25, -0.2) is 13.2 Å². The minimum atomic E-state index is -3.59. The molecule has 0 radical (unpaired) electrons. The van der Waals surface area contributed by atoms with Gasteiger partial charge in [-0.2, -0.15) is 4.31 Å². The number of allylic oxidation sites excluding steroid dienone is 2. The molecule has 1 fully saturated rings. The molecule has 1 aromatic carbocycles. The van der Waals surface area contributed by atoms with Gasteiger partial charge in [0.1, 0.15) is 0 Å². The number of hydrogen-bond acceptors (Lipinski definition) is 4. The lowest BCUT2D eigenvalue weighted by molar-refractivity contribution is -0.134. The van der Waals surface area contributed by atoms with Crippen molar-refractivity contribution in [3.63, 3.8) is 0 Å².